The van der Waals surface area contributed by atoms with E-state index in [0.717, 1.165) is 5.69 Å². The van der Waals surface area contributed by atoms with Gasteiger partial charge in [0.05, 0.1) is 0 Å². The molecule has 0 radical (unpaired) electrons. The minimum atomic E-state index is -1.13. The van der Waals surface area contributed by atoms with E-state index in [1.807, 2.05) is 30.3 Å². The number of para-hydroxylation sites is 1. The second-order valence-electron chi connectivity index (χ2n) is 5.49. The number of benzene rings is 1. The van der Waals surface area contributed by atoms with Gasteiger partial charge in [0.2, 0.25) is 0 Å². The van der Waals surface area contributed by atoms with Gasteiger partial charge in [0, 0.05) is 45.1 Å². The molecule has 1 amide bonds. The third-order valence-corrected chi connectivity index (χ3v) is 3.95. The lowest BCUT2D eigenvalue weighted by molar-refractivity contribution is 0.0671. The molecule has 2 aromatic rings. The van der Waals surface area contributed by atoms with Crippen LogP contribution in [0.15, 0.2) is 36.5 Å². The first kappa shape index (κ1) is 15.1. The maximum absolute atomic E-state index is 12.5. The summed E-state index contributed by atoms with van der Waals surface area (Å²) in [5, 5.41) is 13.2. The van der Waals surface area contributed by atoms with E-state index in [0.29, 0.717) is 26.2 Å². The molecule has 0 unspecified atom stereocenters. The molecule has 120 valence electrons. The Morgan fingerprint density at radius 3 is 2.35 bits per heavy atom. The topological polar surface area (TPSA) is 78.7 Å². The Labute approximate surface area is 133 Å². The van der Waals surface area contributed by atoms with E-state index in [1.54, 1.807) is 11.9 Å². The minimum absolute atomic E-state index is 0.00756. The van der Waals surface area contributed by atoms with E-state index in [4.69, 9.17) is 0 Å². The lowest BCUT2D eigenvalue weighted by Crippen LogP contribution is -2.49. The van der Waals surface area contributed by atoms with Crippen molar-refractivity contribution in [3.8, 4) is 0 Å². The molecule has 7 heteroatoms. The number of hydrogen-bond acceptors (Lipinski definition) is 4. The van der Waals surface area contributed by atoms with Crippen LogP contribution in [0.5, 0.6) is 0 Å². The average Bonchev–Trinajstić information content (AvgIpc) is 2.97. The number of piperazine rings is 1. The van der Waals surface area contributed by atoms with Crippen LogP contribution < -0.4 is 4.90 Å². The van der Waals surface area contributed by atoms with E-state index in [-0.39, 0.29) is 17.2 Å². The number of amides is 1. The molecule has 0 aliphatic carbocycles. The van der Waals surface area contributed by atoms with E-state index in [1.165, 1.54) is 10.9 Å². The van der Waals surface area contributed by atoms with Crippen molar-refractivity contribution < 1.29 is 14.7 Å². The van der Waals surface area contributed by atoms with Gasteiger partial charge in [-0.3, -0.25) is 9.48 Å². The predicted molar refractivity (Wildman–Crippen MR) is 84.7 cm³/mol. The highest BCUT2D eigenvalue weighted by Gasteiger charge is 2.28. The summed E-state index contributed by atoms with van der Waals surface area (Å²) in [7, 11) is 1.61. The van der Waals surface area contributed by atoms with Crippen molar-refractivity contribution in [1.82, 2.24) is 14.7 Å². The standard InChI is InChI=1S/C16H18N4O3/c1-18-11-13(16(22)23)14(17-18)15(21)20-9-7-19(8-10-20)12-5-3-2-4-6-12/h2-6,11H,7-10H2,1H3,(H,22,23). The summed E-state index contributed by atoms with van der Waals surface area (Å²) in [4.78, 5) is 27.6. The Hall–Kier alpha value is -2.83. The number of nitrogens with zero attached hydrogens (tertiary/aromatic N) is 4. The van der Waals surface area contributed by atoms with Crippen molar-refractivity contribution >= 4 is 17.6 Å². The molecular weight excluding hydrogens is 296 g/mol. The second-order valence-corrected chi connectivity index (χ2v) is 5.49. The molecule has 7 nitrogen and oxygen atoms in total. The number of anilines is 1. The lowest BCUT2D eigenvalue weighted by atomic mass is 10.2. The molecule has 1 fully saturated rings. The lowest BCUT2D eigenvalue weighted by Gasteiger charge is -2.35. The van der Waals surface area contributed by atoms with Gasteiger partial charge >= 0.3 is 5.97 Å². The van der Waals surface area contributed by atoms with Crippen molar-refractivity contribution in [1.29, 1.82) is 0 Å². The van der Waals surface area contributed by atoms with Crippen LogP contribution in [0.4, 0.5) is 5.69 Å². The van der Waals surface area contributed by atoms with Gasteiger partial charge in [-0.1, -0.05) is 18.2 Å². The Kier molecular flexibility index (Phi) is 4.01. The molecule has 3 rings (SSSR count). The maximum Gasteiger partial charge on any atom is 0.339 e. The van der Waals surface area contributed by atoms with Gasteiger partial charge in [0.1, 0.15) is 5.56 Å². The number of aryl methyl sites for hydroxylation is 1. The highest BCUT2D eigenvalue weighted by atomic mass is 16.4. The first-order valence-electron chi connectivity index (χ1n) is 7.42. The van der Waals surface area contributed by atoms with Crippen LogP contribution in [0, 0.1) is 0 Å². The summed E-state index contributed by atoms with van der Waals surface area (Å²) >= 11 is 0. The van der Waals surface area contributed by atoms with Crippen LogP contribution in [-0.2, 0) is 7.05 Å². The van der Waals surface area contributed by atoms with E-state index in [9.17, 15) is 14.7 Å². The summed E-state index contributed by atoms with van der Waals surface area (Å²) in [5.74, 6) is -1.46. The molecule has 1 aliphatic heterocycles. The molecule has 0 bridgehead atoms. The zero-order chi connectivity index (χ0) is 16.4. The van der Waals surface area contributed by atoms with Gasteiger partial charge in [0.25, 0.3) is 5.91 Å². The van der Waals surface area contributed by atoms with Crippen molar-refractivity contribution in [3.63, 3.8) is 0 Å². The van der Waals surface area contributed by atoms with Crippen LogP contribution in [-0.4, -0.2) is 57.8 Å². The quantitative estimate of drug-likeness (QED) is 0.917. The number of rotatable bonds is 3. The van der Waals surface area contributed by atoms with Crippen LogP contribution in [0.3, 0.4) is 0 Å². The first-order chi connectivity index (χ1) is 11.1. The molecular formula is C16H18N4O3. The fourth-order valence-electron chi connectivity index (χ4n) is 2.76. The number of hydrogen-bond donors (Lipinski definition) is 1. The van der Waals surface area contributed by atoms with Gasteiger partial charge in [-0.15, -0.1) is 0 Å². The molecule has 1 N–H and O–H groups in total. The smallest absolute Gasteiger partial charge is 0.339 e. The minimum Gasteiger partial charge on any atom is -0.478 e. The van der Waals surface area contributed by atoms with E-state index in [2.05, 4.69) is 10.00 Å². The highest BCUT2D eigenvalue weighted by Crippen LogP contribution is 2.17. The summed E-state index contributed by atoms with van der Waals surface area (Å²) < 4.78 is 1.36. The summed E-state index contributed by atoms with van der Waals surface area (Å²) in [5.41, 5.74) is 1.08. The number of carbonyl (C=O) groups excluding carboxylic acids is 1. The van der Waals surface area contributed by atoms with Gasteiger partial charge in [-0.25, -0.2) is 4.79 Å². The van der Waals surface area contributed by atoms with Gasteiger partial charge in [0.15, 0.2) is 5.69 Å². The zero-order valence-electron chi connectivity index (χ0n) is 12.8. The van der Waals surface area contributed by atoms with Gasteiger partial charge in [-0.2, -0.15) is 5.10 Å². The molecule has 0 spiro atoms. The molecule has 23 heavy (non-hydrogen) atoms. The Balaban J connectivity index is 1.70. The molecule has 2 heterocycles. The highest BCUT2D eigenvalue weighted by molar-refractivity contribution is 6.03. The van der Waals surface area contributed by atoms with Crippen molar-refractivity contribution in [2.24, 2.45) is 7.05 Å². The fourth-order valence-corrected chi connectivity index (χ4v) is 2.76. The second kappa shape index (κ2) is 6.12. The largest absolute Gasteiger partial charge is 0.478 e. The molecule has 1 aliphatic rings. The van der Waals surface area contributed by atoms with Crippen molar-refractivity contribution in [2.75, 3.05) is 31.1 Å². The monoisotopic (exact) mass is 314 g/mol. The zero-order valence-corrected chi connectivity index (χ0v) is 12.8. The average molecular weight is 314 g/mol. The number of aromatic carboxylic acids is 1. The van der Waals surface area contributed by atoms with Crippen molar-refractivity contribution in [3.05, 3.63) is 47.8 Å². The van der Waals surface area contributed by atoms with Crippen LogP contribution in [0.2, 0.25) is 0 Å². The van der Waals surface area contributed by atoms with E-state index >= 15 is 0 Å². The van der Waals surface area contributed by atoms with Crippen LogP contribution in [0.1, 0.15) is 20.8 Å². The van der Waals surface area contributed by atoms with Gasteiger partial charge < -0.3 is 14.9 Å². The normalized spacial score (nSPS) is 14.8. The van der Waals surface area contributed by atoms with E-state index < -0.39 is 5.97 Å². The van der Waals surface area contributed by atoms with Crippen LogP contribution in [0.25, 0.3) is 0 Å². The number of carboxylic acid groups (broad SMARTS) is 1. The summed E-state index contributed by atoms with van der Waals surface area (Å²) in [6.07, 6.45) is 1.36. The summed E-state index contributed by atoms with van der Waals surface area (Å²) in [6, 6.07) is 10.0. The molecule has 1 aromatic heterocycles. The fraction of sp³-hybridized carbons (Fsp3) is 0.312. The Morgan fingerprint density at radius 1 is 1.09 bits per heavy atom. The van der Waals surface area contributed by atoms with Gasteiger partial charge in [-0.05, 0) is 12.1 Å². The Morgan fingerprint density at radius 2 is 1.74 bits per heavy atom. The first-order valence-corrected chi connectivity index (χ1v) is 7.42. The molecule has 0 atom stereocenters. The molecule has 1 aromatic carbocycles. The Bertz CT molecular complexity index is 718. The molecule has 1 saturated heterocycles. The third kappa shape index (κ3) is 3.03. The SMILES string of the molecule is Cn1cc(C(=O)O)c(C(=O)N2CCN(c3ccccc3)CC2)n1. The number of carbonyl (C=O) groups is 2. The van der Waals surface area contributed by atoms with Crippen molar-refractivity contribution in [2.45, 2.75) is 0 Å². The summed E-state index contributed by atoms with van der Waals surface area (Å²) in [6.45, 7) is 2.52. The predicted octanol–water partition coefficient (Wildman–Crippen LogP) is 1.08. The maximum atomic E-state index is 12.5. The number of carboxylic acids is 1. The number of aromatic nitrogens is 2. The third-order valence-electron chi connectivity index (χ3n) is 3.95. The van der Waals surface area contributed by atoms with Crippen LogP contribution >= 0.6 is 0 Å². The molecule has 0 saturated carbocycles.